The summed E-state index contributed by atoms with van der Waals surface area (Å²) in [6.07, 6.45) is 3.38. The number of hydrogen-bond donors (Lipinski definition) is 0. The molecule has 1 aromatic carbocycles. The van der Waals surface area contributed by atoms with Gasteiger partial charge in [-0.2, -0.15) is 0 Å². The van der Waals surface area contributed by atoms with Gasteiger partial charge in [0.15, 0.2) is 15.1 Å². The predicted octanol–water partition coefficient (Wildman–Crippen LogP) is 3.65. The van der Waals surface area contributed by atoms with Crippen LogP contribution in [0.2, 0.25) is 0 Å². The summed E-state index contributed by atoms with van der Waals surface area (Å²) in [5, 5.41) is 1.18. The quantitative estimate of drug-likeness (QED) is 0.254. The highest BCUT2D eigenvalue weighted by Gasteiger charge is 2.33. The molecule has 4 heterocycles. The lowest BCUT2D eigenvalue weighted by Crippen LogP contribution is -2.39. The van der Waals surface area contributed by atoms with Crippen LogP contribution in [0.15, 0.2) is 84.4 Å². The molecule has 3 aromatic heterocycles. The number of aryl methyl sites for hydroxylation is 1. The topological polar surface area (TPSA) is 109 Å². The molecule has 0 spiro atoms. The second-order valence-corrected chi connectivity index (χ2v) is 10.3. The molecule has 0 fully saturated rings. The summed E-state index contributed by atoms with van der Waals surface area (Å²) in [7, 11) is 1.58. The van der Waals surface area contributed by atoms with Crippen molar-refractivity contribution >= 4 is 35.1 Å². The van der Waals surface area contributed by atoms with Crippen LogP contribution < -0.4 is 19.6 Å². The fourth-order valence-corrected chi connectivity index (χ4v) is 5.84. The second-order valence-electron chi connectivity index (χ2n) is 8.31. The van der Waals surface area contributed by atoms with Crippen molar-refractivity contribution in [3.05, 3.63) is 96.6 Å². The zero-order chi connectivity index (χ0) is 26.8. The maximum Gasteiger partial charge on any atom is 0.338 e. The summed E-state index contributed by atoms with van der Waals surface area (Å²) in [6.45, 7) is 5.60. The Balaban J connectivity index is 1.57. The van der Waals surface area contributed by atoms with Crippen molar-refractivity contribution in [3.63, 3.8) is 0 Å². The molecule has 4 aromatic rings. The van der Waals surface area contributed by atoms with Crippen molar-refractivity contribution in [1.29, 1.82) is 0 Å². The van der Waals surface area contributed by atoms with E-state index in [0.29, 0.717) is 42.4 Å². The van der Waals surface area contributed by atoms with E-state index in [9.17, 15) is 9.59 Å². The molecule has 0 aliphatic carbocycles. The maximum absolute atomic E-state index is 13.7. The molecule has 1 aliphatic rings. The Labute approximate surface area is 226 Å². The number of benzene rings is 1. The minimum absolute atomic E-state index is 0.210. The van der Waals surface area contributed by atoms with Gasteiger partial charge in [-0.15, -0.1) is 0 Å². The van der Waals surface area contributed by atoms with Crippen molar-refractivity contribution in [2.75, 3.05) is 13.7 Å². The number of rotatable bonds is 7. The predicted molar refractivity (Wildman–Crippen MR) is 143 cm³/mol. The molecule has 1 atom stereocenters. The van der Waals surface area contributed by atoms with Gasteiger partial charge in [0.2, 0.25) is 0 Å². The molecule has 0 saturated carbocycles. The third kappa shape index (κ3) is 5.07. The van der Waals surface area contributed by atoms with E-state index in [0.717, 1.165) is 11.3 Å². The van der Waals surface area contributed by atoms with Gasteiger partial charge >= 0.3 is 5.97 Å². The highest BCUT2D eigenvalue weighted by atomic mass is 32.2. The van der Waals surface area contributed by atoms with Gasteiger partial charge in [0.1, 0.15) is 11.5 Å². The third-order valence-electron chi connectivity index (χ3n) is 5.79. The largest absolute Gasteiger partial charge is 0.497 e. The van der Waals surface area contributed by atoms with Crippen molar-refractivity contribution in [2.45, 2.75) is 37.1 Å². The molecule has 0 unspecified atom stereocenters. The molecular formula is C27H24N4O5S2. The molecule has 0 amide bonds. The number of aromatic nitrogens is 3. The fraction of sp³-hybridized carbons (Fsp3) is 0.222. The van der Waals surface area contributed by atoms with Gasteiger partial charge in [0.25, 0.3) is 5.56 Å². The van der Waals surface area contributed by atoms with Crippen molar-refractivity contribution in [1.82, 2.24) is 14.5 Å². The summed E-state index contributed by atoms with van der Waals surface area (Å²) in [4.78, 5) is 40.4. The van der Waals surface area contributed by atoms with Crippen LogP contribution in [0.25, 0.3) is 6.08 Å². The first-order valence-electron chi connectivity index (χ1n) is 11.8. The Hall–Kier alpha value is -3.96. The van der Waals surface area contributed by atoms with E-state index >= 15 is 0 Å². The third-order valence-corrected chi connectivity index (χ3v) is 7.57. The van der Waals surface area contributed by atoms with Crippen LogP contribution in [0.3, 0.4) is 0 Å². The van der Waals surface area contributed by atoms with Crippen molar-refractivity contribution < 1.29 is 18.7 Å². The van der Waals surface area contributed by atoms with Gasteiger partial charge in [-0.05, 0) is 68.4 Å². The average Bonchev–Trinajstić information content (AvgIpc) is 3.46. The van der Waals surface area contributed by atoms with Crippen LogP contribution >= 0.6 is 23.1 Å². The summed E-state index contributed by atoms with van der Waals surface area (Å²) < 4.78 is 18.5. The molecule has 11 heteroatoms. The van der Waals surface area contributed by atoms with E-state index < -0.39 is 12.0 Å². The number of fused-ring (bicyclic) bond motifs is 1. The number of allylic oxidation sites excluding steroid dienone is 1. The Morgan fingerprint density at radius 3 is 2.68 bits per heavy atom. The minimum atomic E-state index is -0.695. The number of methoxy groups -OCH3 is 1. The highest BCUT2D eigenvalue weighted by Crippen LogP contribution is 2.32. The fourth-order valence-electron chi connectivity index (χ4n) is 4.05. The molecular weight excluding hydrogens is 524 g/mol. The van der Waals surface area contributed by atoms with E-state index in [2.05, 4.69) is 15.0 Å². The summed E-state index contributed by atoms with van der Waals surface area (Å²) in [6, 6.07) is 12.0. The molecule has 0 saturated heterocycles. The molecule has 0 radical (unpaired) electrons. The van der Waals surface area contributed by atoms with Crippen LogP contribution in [-0.2, 0) is 9.53 Å². The lowest BCUT2D eigenvalue weighted by Gasteiger charge is -2.24. The average molecular weight is 549 g/mol. The van der Waals surface area contributed by atoms with Gasteiger partial charge < -0.3 is 13.9 Å². The first-order chi connectivity index (χ1) is 18.4. The smallest absolute Gasteiger partial charge is 0.338 e. The zero-order valence-corrected chi connectivity index (χ0v) is 22.8. The number of furan rings is 1. The number of carbonyl (C=O) groups excluding carboxylic acids is 1. The number of ether oxygens (including phenoxy) is 2. The number of thiazole rings is 1. The Morgan fingerprint density at radius 1 is 1.18 bits per heavy atom. The van der Waals surface area contributed by atoms with E-state index in [4.69, 9.17) is 13.9 Å². The lowest BCUT2D eigenvalue weighted by atomic mass is 9.96. The molecule has 0 bridgehead atoms. The van der Waals surface area contributed by atoms with Crippen molar-refractivity contribution in [2.24, 2.45) is 4.99 Å². The van der Waals surface area contributed by atoms with Crippen LogP contribution in [0, 0.1) is 6.92 Å². The van der Waals surface area contributed by atoms with E-state index in [1.807, 2.05) is 31.2 Å². The van der Waals surface area contributed by atoms with Crippen molar-refractivity contribution in [3.8, 4) is 5.75 Å². The first kappa shape index (κ1) is 25.7. The van der Waals surface area contributed by atoms with Crippen LogP contribution in [-0.4, -0.2) is 34.2 Å². The molecule has 1 aliphatic heterocycles. The van der Waals surface area contributed by atoms with Gasteiger partial charge in [-0.25, -0.2) is 19.8 Å². The Morgan fingerprint density at radius 2 is 1.97 bits per heavy atom. The summed E-state index contributed by atoms with van der Waals surface area (Å²) in [5.74, 6) is 0.671. The normalized spacial score (nSPS) is 15.3. The standard InChI is InChI=1S/C27H24N4O5S2/c1-5-35-25(33)22-16(3)30-27-31(23(22)17-6-8-18(34-4)9-7-17)24(32)20(37-27)14-19-10-11-21(36-19)38-26-28-13-12-15(2)29-26/h6-14,23H,5H2,1-4H3/b20-14+/t23-/m1/s1. The molecule has 38 heavy (non-hydrogen) atoms. The van der Waals surface area contributed by atoms with Gasteiger partial charge in [-0.1, -0.05) is 23.5 Å². The highest BCUT2D eigenvalue weighted by molar-refractivity contribution is 7.99. The summed E-state index contributed by atoms with van der Waals surface area (Å²) >= 11 is 2.53. The molecule has 0 N–H and O–H groups in total. The first-order valence-corrected chi connectivity index (χ1v) is 13.4. The van der Waals surface area contributed by atoms with E-state index in [-0.39, 0.29) is 12.2 Å². The summed E-state index contributed by atoms with van der Waals surface area (Å²) in [5.41, 5.74) is 2.15. The van der Waals surface area contributed by atoms with E-state index in [1.54, 1.807) is 51.4 Å². The van der Waals surface area contributed by atoms with Crippen LogP contribution in [0.1, 0.15) is 36.9 Å². The Kier molecular flexibility index (Phi) is 7.30. The van der Waals surface area contributed by atoms with Gasteiger partial charge in [0.05, 0.1) is 35.6 Å². The van der Waals surface area contributed by atoms with E-state index in [1.165, 1.54) is 27.7 Å². The number of carbonyl (C=O) groups is 1. The number of hydrogen-bond acceptors (Lipinski definition) is 10. The SMILES string of the molecule is CCOC(=O)C1=C(C)N=c2s/c(=C/c3ccc(Sc4nccc(C)n4)o3)c(=O)n2[C@@H]1c1ccc(OC)cc1. The monoisotopic (exact) mass is 548 g/mol. The minimum Gasteiger partial charge on any atom is -0.497 e. The maximum atomic E-state index is 13.7. The number of nitrogens with zero attached hydrogens (tertiary/aromatic N) is 4. The molecule has 194 valence electrons. The lowest BCUT2D eigenvalue weighted by molar-refractivity contribution is -0.139. The van der Waals surface area contributed by atoms with Crippen LogP contribution in [0.4, 0.5) is 0 Å². The van der Waals surface area contributed by atoms with Crippen LogP contribution in [0.5, 0.6) is 5.75 Å². The molecule has 9 nitrogen and oxygen atoms in total. The number of esters is 1. The molecule has 5 rings (SSSR count). The Bertz CT molecular complexity index is 1720. The zero-order valence-electron chi connectivity index (χ0n) is 21.1. The van der Waals surface area contributed by atoms with Gasteiger partial charge in [-0.3, -0.25) is 9.36 Å². The second kappa shape index (κ2) is 10.8. The van der Waals surface area contributed by atoms with Gasteiger partial charge in [0, 0.05) is 18.0 Å².